The van der Waals surface area contributed by atoms with Crippen LogP contribution in [0.5, 0.6) is 0 Å². The fourth-order valence-electron chi connectivity index (χ4n) is 10.5. The van der Waals surface area contributed by atoms with Crippen LogP contribution in [0.25, 0.3) is 0 Å². The maximum Gasteiger partial charge on any atom is 0.313 e. The number of esters is 2. The average molecular weight is 513 g/mol. The number of aliphatic hydroxyl groups is 1. The molecule has 4 aliphatic carbocycles. The number of fused-ring (bicyclic) bond motifs is 3. The van der Waals surface area contributed by atoms with Crippen LogP contribution < -0.4 is 0 Å². The summed E-state index contributed by atoms with van der Waals surface area (Å²) in [6.07, 6.45) is 8.25. The number of hydrogen-bond donors (Lipinski definition) is 1. The number of rotatable bonds is 5. The van der Waals surface area contributed by atoms with Crippen molar-refractivity contribution >= 4 is 11.9 Å². The van der Waals surface area contributed by atoms with Gasteiger partial charge < -0.3 is 14.6 Å². The lowest BCUT2D eigenvalue weighted by atomic mass is 9.43. The topological polar surface area (TPSA) is 72.8 Å². The van der Waals surface area contributed by atoms with Crippen molar-refractivity contribution in [2.75, 3.05) is 0 Å². The van der Waals surface area contributed by atoms with Crippen LogP contribution in [0.4, 0.5) is 0 Å². The second-order valence-electron chi connectivity index (χ2n) is 14.5. The van der Waals surface area contributed by atoms with Crippen molar-refractivity contribution < 1.29 is 24.2 Å². The Morgan fingerprint density at radius 1 is 1.03 bits per heavy atom. The smallest absolute Gasteiger partial charge is 0.313 e. The lowest BCUT2D eigenvalue weighted by molar-refractivity contribution is -0.161. The Kier molecular flexibility index (Phi) is 6.15. The Balaban J connectivity index is 1.51. The van der Waals surface area contributed by atoms with Crippen LogP contribution >= 0.6 is 0 Å². The summed E-state index contributed by atoms with van der Waals surface area (Å²) < 4.78 is 12.1. The van der Waals surface area contributed by atoms with Gasteiger partial charge in [-0.1, -0.05) is 44.4 Å². The van der Waals surface area contributed by atoms with E-state index in [1.807, 2.05) is 6.92 Å². The van der Waals surface area contributed by atoms with Gasteiger partial charge in [-0.05, 0) is 82.0 Å². The summed E-state index contributed by atoms with van der Waals surface area (Å²) in [5.41, 5.74) is 2.73. The number of ether oxygens (including phenoxy) is 2. The number of cyclic esters (lactones) is 1. The Hall–Kier alpha value is -1.62. The maximum absolute atomic E-state index is 14.0. The molecule has 5 heteroatoms. The first-order valence-electron chi connectivity index (χ1n) is 14.6. The Morgan fingerprint density at radius 2 is 1.73 bits per heavy atom. The minimum absolute atomic E-state index is 0.0323. The van der Waals surface area contributed by atoms with Gasteiger partial charge >= 0.3 is 11.9 Å². The molecule has 0 aromatic rings. The predicted molar refractivity (Wildman–Crippen MR) is 143 cm³/mol. The van der Waals surface area contributed by atoms with Crippen molar-refractivity contribution in [2.24, 2.45) is 33.5 Å². The Morgan fingerprint density at radius 3 is 2.38 bits per heavy atom. The summed E-state index contributed by atoms with van der Waals surface area (Å²) in [7, 11) is 0. The first-order valence-corrected chi connectivity index (χ1v) is 14.6. The monoisotopic (exact) mass is 512 g/mol. The quantitative estimate of drug-likeness (QED) is 0.329. The van der Waals surface area contributed by atoms with Gasteiger partial charge in [0.2, 0.25) is 0 Å². The summed E-state index contributed by atoms with van der Waals surface area (Å²) in [4.78, 5) is 25.9. The van der Waals surface area contributed by atoms with Gasteiger partial charge in [0.05, 0.1) is 11.5 Å². The zero-order valence-electron chi connectivity index (χ0n) is 24.2. The number of carbonyl (C=O) groups is 2. The molecule has 0 radical (unpaired) electrons. The molecule has 1 N–H and O–H groups in total. The highest BCUT2D eigenvalue weighted by atomic mass is 16.6. The van der Waals surface area contributed by atoms with E-state index in [2.05, 4.69) is 41.2 Å². The number of allylic oxidation sites excluding steroid dienone is 2. The van der Waals surface area contributed by atoms with E-state index in [1.165, 1.54) is 12.5 Å². The molecule has 0 bridgehead atoms. The van der Waals surface area contributed by atoms with E-state index in [0.29, 0.717) is 18.8 Å². The van der Waals surface area contributed by atoms with Crippen molar-refractivity contribution in [3.8, 4) is 0 Å². The van der Waals surface area contributed by atoms with Crippen molar-refractivity contribution in [1.29, 1.82) is 0 Å². The third kappa shape index (κ3) is 3.58. The van der Waals surface area contributed by atoms with Gasteiger partial charge in [0.1, 0.15) is 11.7 Å². The van der Waals surface area contributed by atoms with Gasteiger partial charge in [0, 0.05) is 31.1 Å². The minimum Gasteiger partial charge on any atom is -0.462 e. The van der Waals surface area contributed by atoms with Crippen molar-refractivity contribution in [2.45, 2.75) is 130 Å². The number of carbonyl (C=O) groups excluding carboxylic acids is 2. The highest BCUT2D eigenvalue weighted by molar-refractivity contribution is 5.83. The van der Waals surface area contributed by atoms with Gasteiger partial charge in [0.25, 0.3) is 0 Å². The SMILES string of the molecule is C=C(C)CC(C[C@]1(C)OC(=O)[C@]23CCC4=C(CC[C@H]5C(C)(C)[C@@H](O)CC[C@]45C)[C@]2(C)CC[C@@H]31)OC(C)=O. The number of hydrogen-bond acceptors (Lipinski definition) is 5. The van der Waals surface area contributed by atoms with Gasteiger partial charge in [-0.25, -0.2) is 0 Å². The predicted octanol–water partition coefficient (Wildman–Crippen LogP) is 6.68. The van der Waals surface area contributed by atoms with E-state index in [-0.39, 0.29) is 46.3 Å². The van der Waals surface area contributed by atoms with Gasteiger partial charge in [-0.2, -0.15) is 0 Å². The van der Waals surface area contributed by atoms with Crippen LogP contribution in [-0.4, -0.2) is 34.9 Å². The lowest BCUT2D eigenvalue weighted by Gasteiger charge is -2.61. The van der Waals surface area contributed by atoms with Crippen LogP contribution in [0.15, 0.2) is 23.3 Å². The maximum atomic E-state index is 14.0. The van der Waals surface area contributed by atoms with Crippen LogP contribution in [0.1, 0.15) is 113 Å². The molecule has 0 amide bonds. The van der Waals surface area contributed by atoms with Gasteiger partial charge in [-0.15, -0.1) is 6.58 Å². The second-order valence-corrected chi connectivity index (χ2v) is 14.5. The standard InChI is InChI=1S/C32H48O5/c1-19(2)17-21(36-20(3)33)18-31(8)25-12-15-30(7)23-9-10-24-28(4,5)26(34)13-14-29(24,6)22(23)11-16-32(25,30)27(35)37-31/h21,24-26,34H,1,9-18H2,2-8H3/t21?,24-,25+,26-,29+,30-,31-,32+/m0/s1. The van der Waals surface area contributed by atoms with Crippen LogP contribution in [0.2, 0.25) is 0 Å². The fourth-order valence-corrected chi connectivity index (χ4v) is 10.5. The van der Waals surface area contributed by atoms with Gasteiger partial charge in [-0.3, -0.25) is 9.59 Å². The van der Waals surface area contributed by atoms with E-state index in [4.69, 9.17) is 9.47 Å². The van der Waals surface area contributed by atoms with E-state index >= 15 is 0 Å². The highest BCUT2D eigenvalue weighted by Crippen LogP contribution is 2.75. The van der Waals surface area contributed by atoms with E-state index in [9.17, 15) is 14.7 Å². The fraction of sp³-hybridized carbons (Fsp3) is 0.812. The third-order valence-corrected chi connectivity index (χ3v) is 12.1. The van der Waals surface area contributed by atoms with Crippen molar-refractivity contribution in [3.63, 3.8) is 0 Å². The largest absolute Gasteiger partial charge is 0.462 e. The summed E-state index contributed by atoms with van der Waals surface area (Å²) in [5.74, 6) is 0.243. The first kappa shape index (κ1) is 27.0. The first-order chi connectivity index (χ1) is 17.1. The molecule has 5 nitrogen and oxygen atoms in total. The zero-order valence-corrected chi connectivity index (χ0v) is 24.2. The lowest BCUT2D eigenvalue weighted by Crippen LogP contribution is -2.56. The molecule has 3 fully saturated rings. The van der Waals surface area contributed by atoms with Crippen LogP contribution in [-0.2, 0) is 19.1 Å². The average Bonchev–Trinajstić information content (AvgIpc) is 3.20. The molecule has 5 rings (SSSR count). The highest BCUT2D eigenvalue weighted by Gasteiger charge is 2.75. The molecule has 5 aliphatic rings. The minimum atomic E-state index is -0.652. The summed E-state index contributed by atoms with van der Waals surface area (Å²) in [6.45, 7) is 18.8. The molecule has 2 saturated carbocycles. The molecule has 37 heavy (non-hydrogen) atoms. The molecule has 206 valence electrons. The van der Waals surface area contributed by atoms with Crippen molar-refractivity contribution in [3.05, 3.63) is 23.3 Å². The molecule has 1 saturated heterocycles. The molecule has 8 atom stereocenters. The molecule has 0 aromatic heterocycles. The van der Waals surface area contributed by atoms with E-state index in [1.54, 1.807) is 5.57 Å². The Bertz CT molecular complexity index is 1040. The third-order valence-electron chi connectivity index (χ3n) is 12.1. The molecule has 1 spiro atoms. The van der Waals surface area contributed by atoms with Crippen molar-refractivity contribution in [1.82, 2.24) is 0 Å². The van der Waals surface area contributed by atoms with Crippen LogP contribution in [0.3, 0.4) is 0 Å². The molecule has 1 aliphatic heterocycles. The number of aliphatic hydroxyl groups excluding tert-OH is 1. The normalized spacial score (nSPS) is 44.8. The van der Waals surface area contributed by atoms with E-state index in [0.717, 1.165) is 56.9 Å². The zero-order chi connectivity index (χ0) is 27.2. The molecular weight excluding hydrogens is 464 g/mol. The van der Waals surface area contributed by atoms with E-state index < -0.39 is 11.0 Å². The summed E-state index contributed by atoms with van der Waals surface area (Å²) in [6, 6.07) is 0. The van der Waals surface area contributed by atoms with Crippen LogP contribution in [0, 0.1) is 33.5 Å². The molecule has 0 aromatic carbocycles. The molecule has 1 unspecified atom stereocenters. The van der Waals surface area contributed by atoms with Gasteiger partial charge in [0.15, 0.2) is 0 Å². The summed E-state index contributed by atoms with van der Waals surface area (Å²) >= 11 is 0. The molecule has 1 heterocycles. The molecular formula is C32H48O5. The summed E-state index contributed by atoms with van der Waals surface area (Å²) in [5, 5.41) is 10.9. The Labute approximate surface area is 223 Å². The second kappa shape index (κ2) is 8.44.